The highest BCUT2D eigenvalue weighted by Crippen LogP contribution is 2.41. The second-order valence-electron chi connectivity index (χ2n) is 7.80. The van der Waals surface area contributed by atoms with Gasteiger partial charge in [0.05, 0.1) is 17.5 Å². The molecule has 0 radical (unpaired) electrons. The highest BCUT2D eigenvalue weighted by atomic mass is 32.2. The molecular formula is C19H26N2O3S2. The Kier molecular flexibility index (Phi) is 5.49. The zero-order valence-corrected chi connectivity index (χ0v) is 17.3. The van der Waals surface area contributed by atoms with Gasteiger partial charge in [0.2, 0.25) is 5.91 Å². The predicted octanol–water partition coefficient (Wildman–Crippen LogP) is 3.46. The summed E-state index contributed by atoms with van der Waals surface area (Å²) in [6, 6.07) is 7.99. The van der Waals surface area contributed by atoms with Crippen LogP contribution in [0, 0.1) is 5.92 Å². The maximum atomic E-state index is 12.2. The van der Waals surface area contributed by atoms with E-state index in [0.717, 1.165) is 5.69 Å². The van der Waals surface area contributed by atoms with Crippen LogP contribution in [-0.2, 0) is 14.6 Å². The van der Waals surface area contributed by atoms with Crippen LogP contribution in [0.2, 0.25) is 0 Å². The molecule has 7 heteroatoms. The van der Waals surface area contributed by atoms with Gasteiger partial charge in [0, 0.05) is 17.4 Å². The number of carbonyl (C=O) groups is 1. The SMILES string of the molecule is CC(C)CC(=O)N=C1S[C@@H]2CS(=O)(=O)C[C@@H]2N1c1ccc(C(C)C)cc1. The molecule has 2 aliphatic heterocycles. The summed E-state index contributed by atoms with van der Waals surface area (Å²) in [5, 5.41) is 0.577. The van der Waals surface area contributed by atoms with E-state index in [4.69, 9.17) is 0 Å². The maximum Gasteiger partial charge on any atom is 0.248 e. The number of aliphatic imine (C=N–C) groups is 1. The lowest BCUT2D eigenvalue weighted by atomic mass is 10.0. The third-order valence-electron chi connectivity index (χ3n) is 4.71. The van der Waals surface area contributed by atoms with Crippen LogP contribution >= 0.6 is 11.8 Å². The van der Waals surface area contributed by atoms with E-state index in [1.165, 1.54) is 17.3 Å². The van der Waals surface area contributed by atoms with Gasteiger partial charge < -0.3 is 4.90 Å². The Hall–Kier alpha value is -1.34. The van der Waals surface area contributed by atoms with Crippen molar-refractivity contribution in [3.05, 3.63) is 29.8 Å². The molecule has 0 saturated carbocycles. The van der Waals surface area contributed by atoms with Crippen LogP contribution in [0.4, 0.5) is 5.69 Å². The summed E-state index contributed by atoms with van der Waals surface area (Å²) >= 11 is 1.43. The highest BCUT2D eigenvalue weighted by molar-refractivity contribution is 8.16. The van der Waals surface area contributed by atoms with Crippen LogP contribution in [0.3, 0.4) is 0 Å². The van der Waals surface area contributed by atoms with Crippen molar-refractivity contribution in [1.82, 2.24) is 0 Å². The summed E-state index contributed by atoms with van der Waals surface area (Å²) in [7, 11) is -3.04. The molecule has 0 unspecified atom stereocenters. The van der Waals surface area contributed by atoms with Crippen molar-refractivity contribution >= 4 is 38.4 Å². The van der Waals surface area contributed by atoms with Gasteiger partial charge in [0.1, 0.15) is 0 Å². The number of amides is 1. The summed E-state index contributed by atoms with van der Waals surface area (Å²) in [4.78, 5) is 18.5. The van der Waals surface area contributed by atoms with Crippen LogP contribution in [0.15, 0.2) is 29.3 Å². The van der Waals surface area contributed by atoms with Crippen molar-refractivity contribution in [3.63, 3.8) is 0 Å². The van der Waals surface area contributed by atoms with Crippen molar-refractivity contribution in [2.45, 2.75) is 51.3 Å². The molecule has 0 N–H and O–H groups in total. The second-order valence-corrected chi connectivity index (χ2v) is 11.2. The molecule has 0 bridgehead atoms. The lowest BCUT2D eigenvalue weighted by Crippen LogP contribution is -2.37. The first-order valence-electron chi connectivity index (χ1n) is 9.04. The standard InChI is InChI=1S/C19H26N2O3S2/c1-12(2)9-18(22)20-19-21(15-7-5-14(6-8-15)13(3)4)16-10-26(23,24)11-17(16)25-19/h5-8,12-13,16-17H,9-11H2,1-4H3/t16-,17+/m0/s1. The number of hydrogen-bond acceptors (Lipinski definition) is 4. The third-order valence-corrected chi connectivity index (χ3v) is 7.92. The number of nitrogens with zero attached hydrogens (tertiary/aromatic N) is 2. The minimum atomic E-state index is -3.04. The monoisotopic (exact) mass is 394 g/mol. The molecule has 2 fully saturated rings. The van der Waals surface area contributed by atoms with E-state index in [2.05, 4.69) is 31.0 Å². The molecule has 1 aromatic carbocycles. The molecule has 2 saturated heterocycles. The van der Waals surface area contributed by atoms with Crippen molar-refractivity contribution in [3.8, 4) is 0 Å². The fraction of sp³-hybridized carbons (Fsp3) is 0.579. The molecule has 1 aromatic rings. The number of benzene rings is 1. The van der Waals surface area contributed by atoms with Crippen LogP contribution in [-0.4, -0.2) is 42.3 Å². The summed E-state index contributed by atoms with van der Waals surface area (Å²) in [5.41, 5.74) is 2.13. The second kappa shape index (κ2) is 7.35. The number of carbonyl (C=O) groups excluding carboxylic acids is 1. The fourth-order valence-corrected chi connectivity index (χ4v) is 7.32. The smallest absolute Gasteiger partial charge is 0.248 e. The molecule has 142 valence electrons. The van der Waals surface area contributed by atoms with Gasteiger partial charge in [0.15, 0.2) is 15.0 Å². The van der Waals surface area contributed by atoms with Crippen molar-refractivity contribution in [1.29, 1.82) is 0 Å². The van der Waals surface area contributed by atoms with Gasteiger partial charge in [-0.25, -0.2) is 8.42 Å². The Morgan fingerprint density at radius 1 is 1.19 bits per heavy atom. The molecule has 0 aromatic heterocycles. The Morgan fingerprint density at radius 2 is 1.85 bits per heavy atom. The van der Waals surface area contributed by atoms with Gasteiger partial charge in [-0.1, -0.05) is 51.6 Å². The van der Waals surface area contributed by atoms with Gasteiger partial charge in [-0.05, 0) is 29.5 Å². The van der Waals surface area contributed by atoms with E-state index in [0.29, 0.717) is 17.5 Å². The maximum absolute atomic E-state index is 12.2. The molecule has 3 rings (SSSR count). The van der Waals surface area contributed by atoms with Gasteiger partial charge >= 0.3 is 0 Å². The Morgan fingerprint density at radius 3 is 2.42 bits per heavy atom. The summed E-state index contributed by atoms with van der Waals surface area (Å²) in [6.45, 7) is 8.25. The van der Waals surface area contributed by atoms with Crippen molar-refractivity contribution in [2.75, 3.05) is 16.4 Å². The number of rotatable bonds is 4. The predicted molar refractivity (Wildman–Crippen MR) is 109 cm³/mol. The van der Waals surface area contributed by atoms with E-state index in [-0.39, 0.29) is 34.6 Å². The first-order chi connectivity index (χ1) is 12.2. The topological polar surface area (TPSA) is 66.8 Å². The molecule has 26 heavy (non-hydrogen) atoms. The number of hydrogen-bond donors (Lipinski definition) is 0. The Balaban J connectivity index is 1.94. The Labute approximate surface area is 160 Å². The highest BCUT2D eigenvalue weighted by Gasteiger charge is 2.49. The largest absolute Gasteiger partial charge is 0.316 e. The van der Waals surface area contributed by atoms with E-state index >= 15 is 0 Å². The summed E-state index contributed by atoms with van der Waals surface area (Å²) in [5.74, 6) is 0.803. The molecular weight excluding hydrogens is 368 g/mol. The normalized spacial score (nSPS) is 26.1. The molecule has 2 atom stereocenters. The number of sulfone groups is 1. The fourth-order valence-electron chi connectivity index (χ4n) is 3.39. The van der Waals surface area contributed by atoms with E-state index < -0.39 is 9.84 Å². The third kappa shape index (κ3) is 4.14. The molecule has 2 heterocycles. The lowest BCUT2D eigenvalue weighted by molar-refractivity contribution is -0.118. The van der Waals surface area contributed by atoms with Crippen LogP contribution < -0.4 is 4.90 Å². The molecule has 5 nitrogen and oxygen atoms in total. The lowest BCUT2D eigenvalue weighted by Gasteiger charge is -2.25. The zero-order chi connectivity index (χ0) is 19.1. The van der Waals surface area contributed by atoms with Crippen molar-refractivity contribution in [2.24, 2.45) is 10.9 Å². The van der Waals surface area contributed by atoms with Crippen LogP contribution in [0.5, 0.6) is 0 Å². The molecule has 1 amide bonds. The quantitative estimate of drug-likeness (QED) is 0.782. The van der Waals surface area contributed by atoms with E-state index in [1.54, 1.807) is 0 Å². The number of fused-ring (bicyclic) bond motifs is 1. The van der Waals surface area contributed by atoms with Gasteiger partial charge in [-0.15, -0.1) is 0 Å². The Bertz CT molecular complexity index is 814. The number of thioether (sulfide) groups is 1. The minimum Gasteiger partial charge on any atom is -0.316 e. The number of anilines is 1. The van der Waals surface area contributed by atoms with Crippen LogP contribution in [0.25, 0.3) is 0 Å². The molecule has 2 aliphatic rings. The first kappa shape index (κ1) is 19.4. The first-order valence-corrected chi connectivity index (χ1v) is 11.7. The average Bonchev–Trinajstić information content (AvgIpc) is 2.97. The molecule has 0 spiro atoms. The van der Waals surface area contributed by atoms with E-state index in [1.807, 2.05) is 30.9 Å². The van der Waals surface area contributed by atoms with E-state index in [9.17, 15) is 13.2 Å². The zero-order valence-electron chi connectivity index (χ0n) is 15.7. The minimum absolute atomic E-state index is 0.0598. The van der Waals surface area contributed by atoms with Gasteiger partial charge in [-0.2, -0.15) is 4.99 Å². The molecule has 0 aliphatic carbocycles. The van der Waals surface area contributed by atoms with Gasteiger partial charge in [-0.3, -0.25) is 4.79 Å². The van der Waals surface area contributed by atoms with Gasteiger partial charge in [0.25, 0.3) is 0 Å². The van der Waals surface area contributed by atoms with Crippen molar-refractivity contribution < 1.29 is 13.2 Å². The van der Waals surface area contributed by atoms with Crippen LogP contribution in [0.1, 0.15) is 45.6 Å². The average molecular weight is 395 g/mol. The summed E-state index contributed by atoms with van der Waals surface area (Å²) in [6.07, 6.45) is 0.401. The summed E-state index contributed by atoms with van der Waals surface area (Å²) < 4.78 is 24.2. The number of amidine groups is 1.